The van der Waals surface area contributed by atoms with Crippen molar-refractivity contribution in [2.75, 3.05) is 12.4 Å². The number of amides is 6. The molecule has 3 heterocycles. The molecule has 1 fully saturated rings. The maximum atomic E-state index is 13.0. The molecular weight excluding hydrogens is 510 g/mol. The van der Waals surface area contributed by atoms with Crippen LogP contribution in [-0.2, 0) is 15.1 Å². The van der Waals surface area contributed by atoms with Gasteiger partial charge in [0.15, 0.2) is 0 Å². The fourth-order valence-electron chi connectivity index (χ4n) is 4.59. The molecule has 0 radical (unpaired) electrons. The van der Waals surface area contributed by atoms with Gasteiger partial charge >= 0.3 is 6.03 Å². The van der Waals surface area contributed by atoms with E-state index in [1.165, 1.54) is 29.5 Å². The number of imide groups is 2. The lowest BCUT2D eigenvalue weighted by Gasteiger charge is -2.27. The van der Waals surface area contributed by atoms with Crippen LogP contribution in [0.4, 0.5) is 10.5 Å². The molecule has 2 aliphatic heterocycles. The van der Waals surface area contributed by atoms with Crippen molar-refractivity contribution < 1.29 is 28.7 Å². The SMILES string of the molecule is COc1ccc(C)c2sc(C(C)(C)NC(=O)Nc3ccc4c(c3)C(=O)N(C3CCC(=O)NC3=O)C4=O)nc12. The van der Waals surface area contributed by atoms with Crippen molar-refractivity contribution in [1.29, 1.82) is 0 Å². The fourth-order valence-corrected chi connectivity index (χ4v) is 5.70. The zero-order valence-corrected chi connectivity index (χ0v) is 21.9. The third-order valence-electron chi connectivity index (χ3n) is 6.58. The molecule has 1 aromatic heterocycles. The van der Waals surface area contributed by atoms with Gasteiger partial charge in [-0.2, -0.15) is 0 Å². The minimum Gasteiger partial charge on any atom is -0.494 e. The van der Waals surface area contributed by atoms with Crippen LogP contribution in [0.25, 0.3) is 10.2 Å². The molecule has 3 aromatic rings. The second-order valence-electron chi connectivity index (χ2n) is 9.69. The predicted octanol–water partition coefficient (Wildman–Crippen LogP) is 3.07. The molecule has 196 valence electrons. The lowest BCUT2D eigenvalue weighted by molar-refractivity contribution is -0.136. The molecule has 0 bridgehead atoms. The Morgan fingerprint density at radius 1 is 1.13 bits per heavy atom. The maximum Gasteiger partial charge on any atom is 0.319 e. The van der Waals surface area contributed by atoms with Gasteiger partial charge in [-0.05, 0) is 57.0 Å². The second-order valence-corrected chi connectivity index (χ2v) is 10.7. The summed E-state index contributed by atoms with van der Waals surface area (Å²) in [6.45, 7) is 5.64. The third-order valence-corrected chi connectivity index (χ3v) is 8.10. The largest absolute Gasteiger partial charge is 0.494 e. The van der Waals surface area contributed by atoms with Crippen molar-refractivity contribution in [3.8, 4) is 5.75 Å². The molecule has 12 heteroatoms. The summed E-state index contributed by atoms with van der Waals surface area (Å²) in [6, 6.07) is 6.57. The van der Waals surface area contributed by atoms with E-state index >= 15 is 0 Å². The van der Waals surface area contributed by atoms with Gasteiger partial charge in [-0.3, -0.25) is 29.4 Å². The number of hydrogen-bond donors (Lipinski definition) is 3. The number of carbonyl (C=O) groups is 5. The highest BCUT2D eigenvalue weighted by atomic mass is 32.1. The Morgan fingerprint density at radius 2 is 1.87 bits per heavy atom. The summed E-state index contributed by atoms with van der Waals surface area (Å²) in [5.41, 5.74) is 1.44. The summed E-state index contributed by atoms with van der Waals surface area (Å²) in [7, 11) is 1.58. The summed E-state index contributed by atoms with van der Waals surface area (Å²) in [5.74, 6) is -1.74. The average Bonchev–Trinajstić information content (AvgIpc) is 3.41. The fraction of sp³-hybridized carbons (Fsp3) is 0.308. The second kappa shape index (κ2) is 9.21. The Morgan fingerprint density at radius 3 is 2.58 bits per heavy atom. The number of piperidine rings is 1. The third kappa shape index (κ3) is 4.26. The molecule has 1 unspecified atom stereocenters. The van der Waals surface area contributed by atoms with Crippen LogP contribution in [0.5, 0.6) is 5.75 Å². The van der Waals surface area contributed by atoms with E-state index in [1.54, 1.807) is 7.11 Å². The van der Waals surface area contributed by atoms with Gasteiger partial charge in [0.1, 0.15) is 22.3 Å². The van der Waals surface area contributed by atoms with Crippen LogP contribution in [0.2, 0.25) is 0 Å². The predicted molar refractivity (Wildman–Crippen MR) is 139 cm³/mol. The number of hydrogen-bond acceptors (Lipinski definition) is 8. The van der Waals surface area contributed by atoms with Crippen molar-refractivity contribution in [3.63, 3.8) is 0 Å². The van der Waals surface area contributed by atoms with E-state index in [9.17, 15) is 24.0 Å². The van der Waals surface area contributed by atoms with E-state index in [1.807, 2.05) is 32.9 Å². The average molecular weight is 536 g/mol. The molecule has 5 rings (SSSR count). The van der Waals surface area contributed by atoms with Gasteiger partial charge in [-0.15, -0.1) is 11.3 Å². The zero-order chi connectivity index (χ0) is 27.4. The Bertz CT molecular complexity index is 1540. The number of nitrogens with zero attached hydrogens (tertiary/aromatic N) is 2. The van der Waals surface area contributed by atoms with Crippen LogP contribution in [0.15, 0.2) is 30.3 Å². The van der Waals surface area contributed by atoms with Gasteiger partial charge in [0.2, 0.25) is 11.8 Å². The molecule has 0 spiro atoms. The zero-order valence-electron chi connectivity index (χ0n) is 21.1. The highest BCUT2D eigenvalue weighted by Crippen LogP contribution is 2.36. The van der Waals surface area contributed by atoms with Gasteiger partial charge in [0.05, 0.1) is 28.5 Å². The summed E-state index contributed by atoms with van der Waals surface area (Å²) in [5, 5.41) is 8.46. The number of aryl methyl sites for hydroxylation is 1. The number of anilines is 1. The minimum atomic E-state index is -1.06. The molecule has 6 amide bonds. The summed E-state index contributed by atoms with van der Waals surface area (Å²) in [4.78, 5) is 68.2. The van der Waals surface area contributed by atoms with Crippen molar-refractivity contribution >= 4 is 56.9 Å². The van der Waals surface area contributed by atoms with Crippen LogP contribution in [0, 0.1) is 6.92 Å². The number of rotatable bonds is 5. The van der Waals surface area contributed by atoms with Gasteiger partial charge in [0, 0.05) is 12.1 Å². The van der Waals surface area contributed by atoms with Gasteiger partial charge in [0.25, 0.3) is 11.8 Å². The highest BCUT2D eigenvalue weighted by molar-refractivity contribution is 7.19. The number of urea groups is 1. The first-order valence-corrected chi connectivity index (χ1v) is 12.7. The first-order valence-electron chi connectivity index (χ1n) is 11.9. The van der Waals surface area contributed by atoms with Gasteiger partial charge < -0.3 is 15.4 Å². The van der Waals surface area contributed by atoms with E-state index in [4.69, 9.17) is 9.72 Å². The van der Waals surface area contributed by atoms with Crippen LogP contribution >= 0.6 is 11.3 Å². The van der Waals surface area contributed by atoms with Crippen LogP contribution in [0.1, 0.15) is 58.0 Å². The van der Waals surface area contributed by atoms with Crippen molar-refractivity contribution in [1.82, 2.24) is 20.5 Å². The Balaban J connectivity index is 1.33. The molecule has 2 aliphatic rings. The number of fused-ring (bicyclic) bond motifs is 2. The number of aromatic nitrogens is 1. The molecule has 38 heavy (non-hydrogen) atoms. The Labute approximate surface area is 221 Å². The molecular formula is C26H25N5O6S. The van der Waals surface area contributed by atoms with E-state index < -0.39 is 41.2 Å². The first-order chi connectivity index (χ1) is 18.0. The van der Waals surface area contributed by atoms with Crippen LogP contribution in [-0.4, -0.2) is 52.7 Å². The molecule has 0 aliphatic carbocycles. The number of ether oxygens (including phenoxy) is 1. The van der Waals surface area contributed by atoms with Crippen molar-refractivity contribution in [2.45, 2.75) is 45.2 Å². The van der Waals surface area contributed by atoms with Crippen molar-refractivity contribution in [3.05, 3.63) is 52.0 Å². The van der Waals surface area contributed by atoms with Crippen LogP contribution in [0.3, 0.4) is 0 Å². The number of carbonyl (C=O) groups excluding carboxylic acids is 5. The molecule has 3 N–H and O–H groups in total. The van der Waals surface area contributed by atoms with Crippen molar-refractivity contribution in [2.24, 2.45) is 0 Å². The number of methoxy groups -OCH3 is 1. The standard InChI is InChI=1S/C26H25N5O6S/c1-12-5-9-17(37-4)19-20(12)38-24(29-19)26(2,3)30-25(36)27-13-6-7-14-15(11-13)23(35)31(22(14)34)16-8-10-18(32)28-21(16)33/h5-7,9,11,16H,8,10H2,1-4H3,(H2,27,30,36)(H,28,32,33). The van der Waals surface area contributed by atoms with E-state index in [-0.39, 0.29) is 24.0 Å². The molecule has 2 aromatic carbocycles. The molecule has 11 nitrogen and oxygen atoms in total. The highest BCUT2D eigenvalue weighted by Gasteiger charge is 2.44. The molecule has 1 saturated heterocycles. The normalized spacial score (nSPS) is 17.5. The Hall–Kier alpha value is -4.32. The monoisotopic (exact) mass is 535 g/mol. The smallest absolute Gasteiger partial charge is 0.319 e. The molecule has 1 atom stereocenters. The minimum absolute atomic E-state index is 0.0353. The maximum absolute atomic E-state index is 13.0. The quantitative estimate of drug-likeness (QED) is 0.426. The van der Waals surface area contributed by atoms with E-state index in [0.29, 0.717) is 16.4 Å². The van der Waals surface area contributed by atoms with Gasteiger partial charge in [-0.25, -0.2) is 9.78 Å². The summed E-state index contributed by atoms with van der Waals surface area (Å²) in [6.07, 6.45) is 0.101. The summed E-state index contributed by atoms with van der Waals surface area (Å²) < 4.78 is 6.40. The molecule has 0 saturated carbocycles. The lowest BCUT2D eigenvalue weighted by Crippen LogP contribution is -2.54. The Kier molecular flexibility index (Phi) is 6.14. The number of benzene rings is 2. The van der Waals surface area contributed by atoms with Gasteiger partial charge in [-0.1, -0.05) is 6.07 Å². The van der Waals surface area contributed by atoms with E-state index in [2.05, 4.69) is 16.0 Å². The van der Waals surface area contributed by atoms with Crippen LogP contribution < -0.4 is 20.7 Å². The topological polar surface area (TPSA) is 147 Å². The number of thiazole rings is 1. The van der Waals surface area contributed by atoms with E-state index in [0.717, 1.165) is 20.7 Å². The lowest BCUT2D eigenvalue weighted by atomic mass is 10.0. The summed E-state index contributed by atoms with van der Waals surface area (Å²) >= 11 is 1.46. The first kappa shape index (κ1) is 25.3. The number of nitrogens with one attached hydrogen (secondary N) is 3.